The zero-order valence-electron chi connectivity index (χ0n) is 13.8. The Balaban J connectivity index is 1.80. The fourth-order valence-electron chi connectivity index (χ4n) is 2.58. The van der Waals surface area contributed by atoms with Crippen molar-refractivity contribution in [2.75, 3.05) is 13.1 Å². The summed E-state index contributed by atoms with van der Waals surface area (Å²) in [6.45, 7) is 6.30. The van der Waals surface area contributed by atoms with E-state index >= 15 is 0 Å². The standard InChI is InChI=1S/C17H23N3O3/c1-17(2,3)20-11-13(9-15(20)22)19-14(21)10-18-16(23)12-7-5-4-6-8-12/h4-8,13H,9-11H2,1-3H3,(H,18,23)(H,19,21). The highest BCUT2D eigenvalue weighted by atomic mass is 16.2. The molecule has 0 aliphatic carbocycles. The number of nitrogens with one attached hydrogen (secondary N) is 2. The Bertz CT molecular complexity index is 593. The Morgan fingerprint density at radius 1 is 1.22 bits per heavy atom. The Morgan fingerprint density at radius 3 is 2.43 bits per heavy atom. The van der Waals surface area contributed by atoms with Gasteiger partial charge in [0.2, 0.25) is 11.8 Å². The SMILES string of the molecule is CC(C)(C)N1CC(NC(=O)CNC(=O)c2ccccc2)CC1=O. The fraction of sp³-hybridized carbons (Fsp3) is 0.471. The quantitative estimate of drug-likeness (QED) is 0.867. The van der Waals surface area contributed by atoms with E-state index in [4.69, 9.17) is 0 Å². The Hall–Kier alpha value is -2.37. The minimum absolute atomic E-state index is 0.0381. The summed E-state index contributed by atoms with van der Waals surface area (Å²) in [5.74, 6) is -0.543. The topological polar surface area (TPSA) is 78.5 Å². The fourth-order valence-corrected chi connectivity index (χ4v) is 2.58. The monoisotopic (exact) mass is 317 g/mol. The normalized spacial score (nSPS) is 18.0. The van der Waals surface area contributed by atoms with Gasteiger partial charge in [0.1, 0.15) is 0 Å². The number of likely N-dealkylation sites (tertiary alicyclic amines) is 1. The summed E-state index contributed by atoms with van der Waals surface area (Å²) >= 11 is 0. The molecule has 1 atom stereocenters. The molecule has 124 valence electrons. The van der Waals surface area contributed by atoms with Gasteiger partial charge in [0.05, 0.1) is 12.6 Å². The molecule has 3 amide bonds. The first kappa shape index (κ1) is 17.0. The molecule has 0 radical (unpaired) electrons. The lowest BCUT2D eigenvalue weighted by Gasteiger charge is -2.32. The first-order valence-corrected chi connectivity index (χ1v) is 7.70. The van der Waals surface area contributed by atoms with Crippen LogP contribution >= 0.6 is 0 Å². The van der Waals surface area contributed by atoms with Gasteiger partial charge in [-0.15, -0.1) is 0 Å². The molecule has 6 nitrogen and oxygen atoms in total. The zero-order chi connectivity index (χ0) is 17.0. The van der Waals surface area contributed by atoms with Crippen molar-refractivity contribution in [2.24, 2.45) is 0 Å². The summed E-state index contributed by atoms with van der Waals surface area (Å²) in [6.07, 6.45) is 0.301. The second-order valence-electron chi connectivity index (χ2n) is 6.69. The molecule has 1 aliphatic rings. The summed E-state index contributed by atoms with van der Waals surface area (Å²) in [4.78, 5) is 37.5. The molecule has 0 aromatic heterocycles. The number of amides is 3. The van der Waals surface area contributed by atoms with Gasteiger partial charge in [-0.05, 0) is 32.9 Å². The van der Waals surface area contributed by atoms with Gasteiger partial charge in [-0.1, -0.05) is 18.2 Å². The van der Waals surface area contributed by atoms with Gasteiger partial charge < -0.3 is 15.5 Å². The second-order valence-corrected chi connectivity index (χ2v) is 6.69. The summed E-state index contributed by atoms with van der Waals surface area (Å²) in [5, 5.41) is 5.38. The average Bonchev–Trinajstić information content (AvgIpc) is 2.86. The van der Waals surface area contributed by atoms with Crippen LogP contribution in [0.1, 0.15) is 37.6 Å². The molecule has 0 spiro atoms. The predicted molar refractivity (Wildman–Crippen MR) is 86.8 cm³/mol. The molecular formula is C17H23N3O3. The van der Waals surface area contributed by atoms with Crippen LogP contribution < -0.4 is 10.6 Å². The van der Waals surface area contributed by atoms with E-state index in [1.165, 1.54) is 0 Å². The van der Waals surface area contributed by atoms with Crippen LogP contribution in [0.25, 0.3) is 0 Å². The maximum Gasteiger partial charge on any atom is 0.251 e. The summed E-state index contributed by atoms with van der Waals surface area (Å²) in [6, 6.07) is 8.51. The van der Waals surface area contributed by atoms with Crippen molar-refractivity contribution in [3.05, 3.63) is 35.9 Å². The first-order valence-electron chi connectivity index (χ1n) is 7.70. The highest BCUT2D eigenvalue weighted by molar-refractivity contribution is 5.96. The van der Waals surface area contributed by atoms with Crippen LogP contribution in [0, 0.1) is 0 Å². The van der Waals surface area contributed by atoms with Crippen molar-refractivity contribution in [2.45, 2.75) is 38.8 Å². The van der Waals surface area contributed by atoms with Gasteiger partial charge in [0.25, 0.3) is 5.91 Å². The molecule has 1 aromatic carbocycles. The zero-order valence-corrected chi connectivity index (χ0v) is 13.8. The highest BCUT2D eigenvalue weighted by Gasteiger charge is 2.36. The number of hydrogen-bond donors (Lipinski definition) is 2. The molecule has 1 unspecified atom stereocenters. The van der Waals surface area contributed by atoms with Gasteiger partial charge in [-0.3, -0.25) is 14.4 Å². The van der Waals surface area contributed by atoms with Gasteiger partial charge in [-0.2, -0.15) is 0 Å². The van der Waals surface area contributed by atoms with Crippen LogP contribution in [0.3, 0.4) is 0 Å². The number of carbonyl (C=O) groups is 3. The van der Waals surface area contributed by atoms with E-state index in [0.717, 1.165) is 0 Å². The average molecular weight is 317 g/mol. The summed E-state index contributed by atoms with van der Waals surface area (Å²) in [7, 11) is 0. The highest BCUT2D eigenvalue weighted by Crippen LogP contribution is 2.21. The lowest BCUT2D eigenvalue weighted by atomic mass is 10.1. The molecule has 23 heavy (non-hydrogen) atoms. The maximum atomic E-state index is 12.0. The molecule has 1 aromatic rings. The third kappa shape index (κ3) is 4.55. The van der Waals surface area contributed by atoms with Crippen LogP contribution in [0.5, 0.6) is 0 Å². The Labute approximate surface area is 136 Å². The van der Waals surface area contributed by atoms with Crippen molar-refractivity contribution in [1.29, 1.82) is 0 Å². The van der Waals surface area contributed by atoms with Crippen LogP contribution in [-0.4, -0.2) is 47.3 Å². The lowest BCUT2D eigenvalue weighted by molar-refractivity contribution is -0.131. The molecule has 2 N–H and O–H groups in total. The minimum atomic E-state index is -0.292. The van der Waals surface area contributed by atoms with Crippen molar-refractivity contribution in [3.8, 4) is 0 Å². The van der Waals surface area contributed by atoms with Crippen molar-refractivity contribution >= 4 is 17.7 Å². The van der Waals surface area contributed by atoms with E-state index in [0.29, 0.717) is 18.5 Å². The smallest absolute Gasteiger partial charge is 0.251 e. The van der Waals surface area contributed by atoms with Gasteiger partial charge in [-0.25, -0.2) is 0 Å². The second kappa shape index (κ2) is 6.81. The van der Waals surface area contributed by atoms with E-state index in [-0.39, 0.29) is 35.8 Å². The number of benzene rings is 1. The molecule has 2 rings (SSSR count). The Kier molecular flexibility index (Phi) is 5.03. The van der Waals surface area contributed by atoms with Gasteiger partial charge in [0, 0.05) is 24.1 Å². The summed E-state index contributed by atoms with van der Waals surface area (Å²) < 4.78 is 0. The molecule has 1 fully saturated rings. The molecule has 0 saturated carbocycles. The molecule has 6 heteroatoms. The first-order chi connectivity index (χ1) is 10.8. The Morgan fingerprint density at radius 2 is 1.87 bits per heavy atom. The minimum Gasteiger partial charge on any atom is -0.350 e. The largest absolute Gasteiger partial charge is 0.350 e. The van der Waals surface area contributed by atoms with Crippen molar-refractivity contribution in [1.82, 2.24) is 15.5 Å². The molecule has 1 heterocycles. The molecule has 0 bridgehead atoms. The van der Waals surface area contributed by atoms with E-state index < -0.39 is 0 Å². The lowest BCUT2D eigenvalue weighted by Crippen LogP contribution is -2.46. The molecular weight excluding hydrogens is 294 g/mol. The number of hydrogen-bond acceptors (Lipinski definition) is 3. The van der Waals surface area contributed by atoms with E-state index in [1.807, 2.05) is 26.8 Å². The third-order valence-corrected chi connectivity index (χ3v) is 3.75. The van der Waals surface area contributed by atoms with Crippen LogP contribution in [0.4, 0.5) is 0 Å². The third-order valence-electron chi connectivity index (χ3n) is 3.75. The van der Waals surface area contributed by atoms with Crippen LogP contribution in [0.15, 0.2) is 30.3 Å². The van der Waals surface area contributed by atoms with Crippen LogP contribution in [-0.2, 0) is 9.59 Å². The molecule has 1 saturated heterocycles. The summed E-state index contributed by atoms with van der Waals surface area (Å²) in [5.41, 5.74) is 0.258. The number of rotatable bonds is 4. The molecule has 1 aliphatic heterocycles. The van der Waals surface area contributed by atoms with Crippen molar-refractivity contribution in [3.63, 3.8) is 0 Å². The van der Waals surface area contributed by atoms with Gasteiger partial charge in [0.15, 0.2) is 0 Å². The number of nitrogens with zero attached hydrogens (tertiary/aromatic N) is 1. The maximum absolute atomic E-state index is 12.0. The van der Waals surface area contributed by atoms with E-state index in [2.05, 4.69) is 10.6 Å². The van der Waals surface area contributed by atoms with Gasteiger partial charge >= 0.3 is 0 Å². The van der Waals surface area contributed by atoms with Crippen molar-refractivity contribution < 1.29 is 14.4 Å². The van der Waals surface area contributed by atoms with Crippen LogP contribution in [0.2, 0.25) is 0 Å². The predicted octanol–water partition coefficient (Wildman–Crippen LogP) is 0.932. The van der Waals surface area contributed by atoms with E-state index in [1.54, 1.807) is 29.2 Å². The van der Waals surface area contributed by atoms with E-state index in [9.17, 15) is 14.4 Å². The number of carbonyl (C=O) groups excluding carboxylic acids is 3.